The average Bonchev–Trinajstić information content (AvgIpc) is 2.07. The van der Waals surface area contributed by atoms with Crippen molar-refractivity contribution in [2.24, 2.45) is 10.8 Å². The highest BCUT2D eigenvalue weighted by atomic mass is 16.4. The van der Waals surface area contributed by atoms with Crippen molar-refractivity contribution in [1.29, 1.82) is 0 Å². The van der Waals surface area contributed by atoms with Crippen LogP contribution in [0, 0.1) is 10.8 Å². The Balaban J connectivity index is 4.47. The van der Waals surface area contributed by atoms with Gasteiger partial charge < -0.3 is 10.4 Å². The maximum absolute atomic E-state index is 11.7. The van der Waals surface area contributed by atoms with Crippen molar-refractivity contribution in [3.8, 4) is 0 Å². The van der Waals surface area contributed by atoms with E-state index in [4.69, 9.17) is 5.11 Å². The molecule has 0 rings (SSSR count). The average molecular weight is 243 g/mol. The maximum Gasteiger partial charge on any atom is 0.326 e. The van der Waals surface area contributed by atoms with Crippen LogP contribution in [0.1, 0.15) is 54.4 Å². The zero-order chi connectivity index (χ0) is 13.9. The van der Waals surface area contributed by atoms with E-state index in [1.54, 1.807) is 20.8 Å². The molecule has 17 heavy (non-hydrogen) atoms. The van der Waals surface area contributed by atoms with Gasteiger partial charge in [0.25, 0.3) is 0 Å². The molecular weight excluding hydrogens is 218 g/mol. The van der Waals surface area contributed by atoms with Crippen LogP contribution in [0.15, 0.2) is 0 Å². The molecule has 1 atom stereocenters. The highest BCUT2D eigenvalue weighted by Gasteiger charge is 2.28. The van der Waals surface area contributed by atoms with Crippen molar-refractivity contribution in [2.45, 2.75) is 60.4 Å². The van der Waals surface area contributed by atoms with Crippen LogP contribution in [0.4, 0.5) is 0 Å². The van der Waals surface area contributed by atoms with E-state index >= 15 is 0 Å². The van der Waals surface area contributed by atoms with Crippen LogP contribution >= 0.6 is 0 Å². The lowest BCUT2D eigenvalue weighted by molar-refractivity contribution is -0.143. The van der Waals surface area contributed by atoms with Crippen molar-refractivity contribution in [3.05, 3.63) is 0 Å². The number of nitrogens with one attached hydrogen (secondary N) is 1. The third-order valence-corrected chi connectivity index (χ3v) is 2.47. The standard InChI is InChI=1S/C13H25NO3/c1-12(2,3)8-7-9(10(15)16)14-11(17)13(4,5)6/h9H,7-8H2,1-6H3,(H,14,17)(H,15,16). The first-order chi connectivity index (χ1) is 7.43. The van der Waals surface area contributed by atoms with E-state index in [0.29, 0.717) is 6.42 Å². The first-order valence-corrected chi connectivity index (χ1v) is 5.97. The first-order valence-electron chi connectivity index (χ1n) is 5.97. The number of carboxylic acids is 1. The Morgan fingerprint density at radius 3 is 1.88 bits per heavy atom. The van der Waals surface area contributed by atoms with E-state index in [1.165, 1.54) is 0 Å². The second-order valence-corrected chi connectivity index (χ2v) is 6.71. The zero-order valence-corrected chi connectivity index (χ0v) is 11.8. The molecule has 100 valence electrons. The Morgan fingerprint density at radius 2 is 1.59 bits per heavy atom. The molecule has 0 heterocycles. The van der Waals surface area contributed by atoms with Crippen molar-refractivity contribution in [3.63, 3.8) is 0 Å². The van der Waals surface area contributed by atoms with Gasteiger partial charge in [0.05, 0.1) is 0 Å². The monoisotopic (exact) mass is 243 g/mol. The van der Waals surface area contributed by atoms with E-state index in [0.717, 1.165) is 6.42 Å². The number of carbonyl (C=O) groups excluding carboxylic acids is 1. The Hall–Kier alpha value is -1.06. The lowest BCUT2D eigenvalue weighted by Crippen LogP contribution is -2.46. The largest absolute Gasteiger partial charge is 0.480 e. The molecule has 0 fully saturated rings. The van der Waals surface area contributed by atoms with Crippen molar-refractivity contribution in [2.75, 3.05) is 0 Å². The summed E-state index contributed by atoms with van der Waals surface area (Å²) < 4.78 is 0. The van der Waals surface area contributed by atoms with E-state index in [2.05, 4.69) is 26.1 Å². The summed E-state index contributed by atoms with van der Waals surface area (Å²) >= 11 is 0. The molecule has 0 aromatic heterocycles. The number of amides is 1. The molecule has 4 nitrogen and oxygen atoms in total. The molecule has 0 radical (unpaired) electrons. The molecule has 0 aliphatic heterocycles. The Bertz CT molecular complexity index is 284. The van der Waals surface area contributed by atoms with Crippen molar-refractivity contribution >= 4 is 11.9 Å². The molecule has 2 N–H and O–H groups in total. The molecule has 0 saturated heterocycles. The minimum Gasteiger partial charge on any atom is -0.480 e. The van der Waals surface area contributed by atoms with E-state index in [9.17, 15) is 9.59 Å². The van der Waals surface area contributed by atoms with Crippen LogP contribution in [0.3, 0.4) is 0 Å². The van der Waals surface area contributed by atoms with Crippen LogP contribution in [0.2, 0.25) is 0 Å². The van der Waals surface area contributed by atoms with E-state index < -0.39 is 17.4 Å². The number of hydrogen-bond acceptors (Lipinski definition) is 2. The molecule has 0 saturated carbocycles. The summed E-state index contributed by atoms with van der Waals surface area (Å²) in [7, 11) is 0. The van der Waals surface area contributed by atoms with Crippen LogP contribution < -0.4 is 5.32 Å². The minimum atomic E-state index is -0.966. The summed E-state index contributed by atoms with van der Waals surface area (Å²) in [4.78, 5) is 22.8. The van der Waals surface area contributed by atoms with Gasteiger partial charge in [0.15, 0.2) is 0 Å². The molecule has 1 unspecified atom stereocenters. The van der Waals surface area contributed by atoms with Gasteiger partial charge in [0.2, 0.25) is 5.91 Å². The van der Waals surface area contributed by atoms with Gasteiger partial charge >= 0.3 is 5.97 Å². The highest BCUT2D eigenvalue weighted by molar-refractivity contribution is 5.86. The van der Waals surface area contributed by atoms with Gasteiger partial charge in [0, 0.05) is 5.41 Å². The van der Waals surface area contributed by atoms with Crippen molar-refractivity contribution < 1.29 is 14.7 Å². The summed E-state index contributed by atoms with van der Waals surface area (Å²) in [6.07, 6.45) is 1.22. The Morgan fingerprint density at radius 1 is 1.12 bits per heavy atom. The van der Waals surface area contributed by atoms with E-state index in [-0.39, 0.29) is 11.3 Å². The minimum absolute atomic E-state index is 0.0696. The quantitative estimate of drug-likeness (QED) is 0.797. The predicted molar refractivity (Wildman–Crippen MR) is 67.7 cm³/mol. The summed E-state index contributed by atoms with van der Waals surface area (Å²) in [5.41, 5.74) is -0.490. The molecular formula is C13H25NO3. The van der Waals surface area contributed by atoms with Gasteiger partial charge in [-0.2, -0.15) is 0 Å². The predicted octanol–water partition coefficient (Wildman–Crippen LogP) is 2.43. The lowest BCUT2D eigenvalue weighted by atomic mass is 9.88. The Labute approximate surface area is 104 Å². The van der Waals surface area contributed by atoms with E-state index in [1.807, 2.05) is 0 Å². The number of aliphatic carboxylic acids is 1. The van der Waals surface area contributed by atoms with Gasteiger partial charge in [-0.1, -0.05) is 41.5 Å². The molecule has 0 aliphatic carbocycles. The molecule has 4 heteroatoms. The van der Waals surface area contributed by atoms with Crippen LogP contribution in [-0.4, -0.2) is 23.0 Å². The van der Waals surface area contributed by atoms with Crippen LogP contribution in [-0.2, 0) is 9.59 Å². The van der Waals surface area contributed by atoms with Crippen molar-refractivity contribution in [1.82, 2.24) is 5.32 Å². The fourth-order valence-corrected chi connectivity index (χ4v) is 1.21. The maximum atomic E-state index is 11.7. The Kier molecular flexibility index (Phi) is 5.17. The van der Waals surface area contributed by atoms with Gasteiger partial charge in [-0.3, -0.25) is 4.79 Å². The molecule has 0 spiro atoms. The number of rotatable bonds is 4. The van der Waals surface area contributed by atoms with Crippen LogP contribution in [0.25, 0.3) is 0 Å². The summed E-state index contributed by atoms with van der Waals surface area (Å²) in [5, 5.41) is 11.7. The molecule has 0 aromatic rings. The second-order valence-electron chi connectivity index (χ2n) is 6.71. The topological polar surface area (TPSA) is 66.4 Å². The fourth-order valence-electron chi connectivity index (χ4n) is 1.21. The molecule has 0 bridgehead atoms. The smallest absolute Gasteiger partial charge is 0.326 e. The molecule has 1 amide bonds. The fraction of sp³-hybridized carbons (Fsp3) is 0.846. The van der Waals surface area contributed by atoms with Gasteiger partial charge in [-0.15, -0.1) is 0 Å². The van der Waals surface area contributed by atoms with Crippen LogP contribution in [0.5, 0.6) is 0 Å². The second kappa shape index (κ2) is 5.52. The third kappa shape index (κ3) is 6.97. The van der Waals surface area contributed by atoms with Gasteiger partial charge in [-0.25, -0.2) is 4.79 Å². The SMILES string of the molecule is CC(C)(C)CCC(NC(=O)C(C)(C)C)C(=O)O. The lowest BCUT2D eigenvalue weighted by Gasteiger charge is -2.24. The number of hydrogen-bond donors (Lipinski definition) is 2. The summed E-state index contributed by atoms with van der Waals surface area (Å²) in [5.74, 6) is -1.19. The highest BCUT2D eigenvalue weighted by Crippen LogP contribution is 2.22. The normalized spacial score (nSPS) is 14.2. The summed E-state index contributed by atoms with van der Waals surface area (Å²) in [6.45, 7) is 11.5. The van der Waals surface area contributed by atoms with Gasteiger partial charge in [-0.05, 0) is 18.3 Å². The van der Waals surface area contributed by atoms with Gasteiger partial charge in [0.1, 0.15) is 6.04 Å². The number of carboxylic acid groups (broad SMARTS) is 1. The molecule has 0 aliphatic rings. The molecule has 0 aromatic carbocycles. The zero-order valence-electron chi connectivity index (χ0n) is 11.8. The number of carbonyl (C=O) groups is 2. The first kappa shape index (κ1) is 15.9. The summed E-state index contributed by atoms with van der Waals surface area (Å²) in [6, 6.07) is -0.791. The third-order valence-electron chi connectivity index (χ3n) is 2.47.